The Morgan fingerprint density at radius 3 is 2.37 bits per heavy atom. The van der Waals surface area contributed by atoms with Gasteiger partial charge in [0.1, 0.15) is 0 Å². The number of aryl methyl sites for hydroxylation is 2. The maximum Gasteiger partial charge on any atom is 0.0727 e. The molecular weight excluding hydrogens is 232 g/mol. The van der Waals surface area contributed by atoms with Gasteiger partial charge in [0.15, 0.2) is 0 Å². The highest BCUT2D eigenvalue weighted by Gasteiger charge is 2.00. The summed E-state index contributed by atoms with van der Waals surface area (Å²) in [5.41, 5.74) is 3.65. The molecule has 0 aromatic heterocycles. The molecule has 1 atom stereocenters. The summed E-state index contributed by atoms with van der Waals surface area (Å²) in [6.45, 7) is 2.07. The van der Waals surface area contributed by atoms with Crippen molar-refractivity contribution < 1.29 is 5.11 Å². The maximum atomic E-state index is 9.94. The van der Waals surface area contributed by atoms with Crippen LogP contribution in [0, 0.1) is 6.92 Å². The Morgan fingerprint density at radius 1 is 1.00 bits per heavy atom. The summed E-state index contributed by atoms with van der Waals surface area (Å²) in [4.78, 5) is 0. The molecule has 0 aliphatic rings. The molecule has 0 bridgehead atoms. The summed E-state index contributed by atoms with van der Waals surface area (Å²) in [6.07, 6.45) is 5.12. The third kappa shape index (κ3) is 4.72. The predicted molar refractivity (Wildman–Crippen MR) is 81.0 cm³/mol. The lowest BCUT2D eigenvalue weighted by Crippen LogP contribution is -2.03. The molecule has 0 saturated carbocycles. The zero-order chi connectivity index (χ0) is 13.5. The maximum absolute atomic E-state index is 9.94. The average molecular weight is 252 g/mol. The van der Waals surface area contributed by atoms with Crippen molar-refractivity contribution in [2.45, 2.75) is 25.9 Å². The van der Waals surface area contributed by atoms with Gasteiger partial charge in [0.05, 0.1) is 6.10 Å². The standard InChI is InChI=1S/C18H20O/c1-15-7-9-17(10-8-15)12-14-18(19)13-11-16-5-3-2-4-6-16/h2-10,12,14,18-19H,11,13H2,1H3/b14-12+. The highest BCUT2D eigenvalue weighted by molar-refractivity contribution is 5.50. The van der Waals surface area contributed by atoms with E-state index in [4.69, 9.17) is 0 Å². The van der Waals surface area contributed by atoms with Gasteiger partial charge in [-0.15, -0.1) is 0 Å². The zero-order valence-electron chi connectivity index (χ0n) is 11.3. The third-order valence-electron chi connectivity index (χ3n) is 3.16. The van der Waals surface area contributed by atoms with Crippen molar-refractivity contribution in [1.29, 1.82) is 0 Å². The smallest absolute Gasteiger partial charge is 0.0727 e. The van der Waals surface area contributed by atoms with Crippen molar-refractivity contribution in [2.24, 2.45) is 0 Å². The van der Waals surface area contributed by atoms with Crippen molar-refractivity contribution in [3.63, 3.8) is 0 Å². The van der Waals surface area contributed by atoms with Crippen molar-refractivity contribution in [2.75, 3.05) is 0 Å². The van der Waals surface area contributed by atoms with E-state index >= 15 is 0 Å². The summed E-state index contributed by atoms with van der Waals surface area (Å²) in [5.74, 6) is 0. The van der Waals surface area contributed by atoms with Gasteiger partial charge < -0.3 is 5.11 Å². The molecule has 0 aliphatic heterocycles. The van der Waals surface area contributed by atoms with Crippen molar-refractivity contribution >= 4 is 6.08 Å². The largest absolute Gasteiger partial charge is 0.389 e. The van der Waals surface area contributed by atoms with E-state index in [1.807, 2.05) is 30.4 Å². The number of benzene rings is 2. The first-order valence-electron chi connectivity index (χ1n) is 6.71. The topological polar surface area (TPSA) is 20.2 Å². The normalized spacial score (nSPS) is 12.7. The first-order valence-corrected chi connectivity index (χ1v) is 6.71. The average Bonchev–Trinajstić information content (AvgIpc) is 2.45. The minimum atomic E-state index is -0.387. The summed E-state index contributed by atoms with van der Waals surface area (Å²) < 4.78 is 0. The van der Waals surface area contributed by atoms with Crippen LogP contribution in [0.5, 0.6) is 0 Å². The molecule has 0 saturated heterocycles. The Hall–Kier alpha value is -1.86. The van der Waals surface area contributed by atoms with Crippen LogP contribution in [0.1, 0.15) is 23.1 Å². The van der Waals surface area contributed by atoms with E-state index in [2.05, 4.69) is 43.3 Å². The summed E-state index contributed by atoms with van der Waals surface area (Å²) in [6, 6.07) is 18.6. The van der Waals surface area contributed by atoms with E-state index in [0.717, 1.165) is 18.4 Å². The van der Waals surface area contributed by atoms with Crippen LogP contribution in [-0.2, 0) is 6.42 Å². The number of aliphatic hydroxyl groups excluding tert-OH is 1. The van der Waals surface area contributed by atoms with Gasteiger partial charge in [-0.1, -0.05) is 72.3 Å². The lowest BCUT2D eigenvalue weighted by molar-refractivity contribution is 0.214. The fourth-order valence-corrected chi connectivity index (χ4v) is 1.96. The number of hydrogen-bond acceptors (Lipinski definition) is 1. The van der Waals surface area contributed by atoms with Crippen LogP contribution in [0.4, 0.5) is 0 Å². The van der Waals surface area contributed by atoms with E-state index < -0.39 is 0 Å². The Bertz CT molecular complexity index is 511. The molecule has 2 aromatic rings. The zero-order valence-corrected chi connectivity index (χ0v) is 11.3. The van der Waals surface area contributed by atoms with Crippen LogP contribution < -0.4 is 0 Å². The second-order valence-electron chi connectivity index (χ2n) is 4.86. The van der Waals surface area contributed by atoms with Crippen LogP contribution in [-0.4, -0.2) is 11.2 Å². The number of rotatable bonds is 5. The Balaban J connectivity index is 1.84. The first-order chi connectivity index (χ1) is 9.24. The fraction of sp³-hybridized carbons (Fsp3) is 0.222. The molecule has 0 amide bonds. The van der Waals surface area contributed by atoms with Crippen LogP contribution in [0.25, 0.3) is 6.08 Å². The minimum Gasteiger partial charge on any atom is -0.389 e. The first kappa shape index (κ1) is 13.6. The lowest BCUT2D eigenvalue weighted by atomic mass is 10.1. The van der Waals surface area contributed by atoms with Crippen molar-refractivity contribution in [3.8, 4) is 0 Å². The van der Waals surface area contributed by atoms with Crippen molar-refractivity contribution in [1.82, 2.24) is 0 Å². The Morgan fingerprint density at radius 2 is 1.68 bits per heavy atom. The SMILES string of the molecule is Cc1ccc(/C=C/C(O)CCc2ccccc2)cc1. The van der Waals surface area contributed by atoms with Gasteiger partial charge in [-0.3, -0.25) is 0 Å². The highest BCUT2D eigenvalue weighted by Crippen LogP contribution is 2.09. The predicted octanol–water partition coefficient (Wildman–Crippen LogP) is 4.00. The van der Waals surface area contributed by atoms with Gasteiger partial charge in [-0.05, 0) is 30.9 Å². The highest BCUT2D eigenvalue weighted by atomic mass is 16.3. The summed E-state index contributed by atoms with van der Waals surface area (Å²) in [7, 11) is 0. The van der Waals surface area contributed by atoms with Gasteiger partial charge in [-0.25, -0.2) is 0 Å². The molecule has 1 nitrogen and oxygen atoms in total. The van der Waals surface area contributed by atoms with Gasteiger partial charge in [0.25, 0.3) is 0 Å². The van der Waals surface area contributed by atoms with E-state index in [1.54, 1.807) is 0 Å². The van der Waals surface area contributed by atoms with Crippen LogP contribution >= 0.6 is 0 Å². The molecule has 2 aromatic carbocycles. The van der Waals surface area contributed by atoms with Gasteiger partial charge in [0.2, 0.25) is 0 Å². The molecule has 1 heteroatoms. The molecule has 0 fully saturated rings. The lowest BCUT2D eigenvalue weighted by Gasteiger charge is -2.05. The second kappa shape index (κ2) is 6.91. The third-order valence-corrected chi connectivity index (χ3v) is 3.16. The number of hydrogen-bond donors (Lipinski definition) is 1. The van der Waals surface area contributed by atoms with Crippen molar-refractivity contribution in [3.05, 3.63) is 77.4 Å². The molecule has 2 rings (SSSR count). The van der Waals surface area contributed by atoms with E-state index in [-0.39, 0.29) is 6.10 Å². The molecule has 0 spiro atoms. The van der Waals surface area contributed by atoms with E-state index in [0.29, 0.717) is 0 Å². The van der Waals surface area contributed by atoms with Crippen LogP contribution in [0.3, 0.4) is 0 Å². The second-order valence-corrected chi connectivity index (χ2v) is 4.86. The molecule has 0 radical (unpaired) electrons. The molecule has 19 heavy (non-hydrogen) atoms. The van der Waals surface area contributed by atoms with Gasteiger partial charge >= 0.3 is 0 Å². The fourth-order valence-electron chi connectivity index (χ4n) is 1.96. The molecule has 98 valence electrons. The summed E-state index contributed by atoms with van der Waals surface area (Å²) >= 11 is 0. The van der Waals surface area contributed by atoms with Gasteiger partial charge in [-0.2, -0.15) is 0 Å². The van der Waals surface area contributed by atoms with Crippen LogP contribution in [0.15, 0.2) is 60.7 Å². The van der Waals surface area contributed by atoms with E-state index in [1.165, 1.54) is 11.1 Å². The molecule has 1 N–H and O–H groups in total. The Kier molecular flexibility index (Phi) is 4.93. The van der Waals surface area contributed by atoms with Crippen LogP contribution in [0.2, 0.25) is 0 Å². The number of aliphatic hydroxyl groups is 1. The molecular formula is C18H20O. The molecule has 0 heterocycles. The van der Waals surface area contributed by atoms with Gasteiger partial charge in [0, 0.05) is 0 Å². The quantitative estimate of drug-likeness (QED) is 0.852. The molecule has 1 unspecified atom stereocenters. The Labute approximate surface area is 115 Å². The monoisotopic (exact) mass is 252 g/mol. The van der Waals surface area contributed by atoms with E-state index in [9.17, 15) is 5.11 Å². The minimum absolute atomic E-state index is 0.387. The molecule has 0 aliphatic carbocycles. The summed E-state index contributed by atoms with van der Waals surface area (Å²) in [5, 5.41) is 9.94.